The van der Waals surface area contributed by atoms with Gasteiger partial charge in [0, 0.05) is 5.56 Å². The topological polar surface area (TPSA) is 12.9 Å². The summed E-state index contributed by atoms with van der Waals surface area (Å²) in [5.74, 6) is 0. The van der Waals surface area contributed by atoms with E-state index in [1.54, 1.807) is 23.7 Å². The van der Waals surface area contributed by atoms with Crippen molar-refractivity contribution in [3.63, 3.8) is 0 Å². The quantitative estimate of drug-likeness (QED) is 0.466. The number of nitrogens with zero attached hydrogens (tertiary/aromatic N) is 1. The summed E-state index contributed by atoms with van der Waals surface area (Å²) in [6, 6.07) is 11.0. The zero-order chi connectivity index (χ0) is 15.0. The van der Waals surface area contributed by atoms with Crippen molar-refractivity contribution in [1.29, 1.82) is 0 Å². The summed E-state index contributed by atoms with van der Waals surface area (Å²) in [5, 5.41) is 2.07. The van der Waals surface area contributed by atoms with Crippen LogP contribution >= 0.6 is 57.7 Å². The Labute approximate surface area is 146 Å². The highest BCUT2D eigenvalue weighted by atomic mass is 35.5. The molecule has 3 rings (SSSR count). The molecule has 0 N–H and O–H groups in total. The lowest BCUT2D eigenvalue weighted by Gasteiger charge is -2.05. The van der Waals surface area contributed by atoms with Crippen LogP contribution in [0.25, 0.3) is 21.7 Å². The molecule has 1 heterocycles. The van der Waals surface area contributed by atoms with Crippen LogP contribution in [0.5, 0.6) is 0 Å². The normalized spacial score (nSPS) is 10.9. The fourth-order valence-electron chi connectivity index (χ4n) is 1.94. The van der Waals surface area contributed by atoms with Crippen LogP contribution in [-0.2, 0) is 0 Å². The van der Waals surface area contributed by atoms with E-state index in [1.165, 1.54) is 11.3 Å². The Balaban J connectivity index is 2.12. The second-order valence-electron chi connectivity index (χ2n) is 4.29. The summed E-state index contributed by atoms with van der Waals surface area (Å²) in [7, 11) is 0. The van der Waals surface area contributed by atoms with Gasteiger partial charge in [0.15, 0.2) is 0 Å². The molecular formula is C15H7Cl4NS. The van der Waals surface area contributed by atoms with E-state index in [1.807, 2.05) is 18.2 Å². The van der Waals surface area contributed by atoms with Crippen molar-refractivity contribution >= 4 is 57.7 Å². The van der Waals surface area contributed by atoms with E-state index in [0.29, 0.717) is 20.1 Å². The van der Waals surface area contributed by atoms with E-state index >= 15 is 0 Å². The highest BCUT2D eigenvalue weighted by Gasteiger charge is 2.13. The van der Waals surface area contributed by atoms with E-state index in [9.17, 15) is 0 Å². The first-order valence-electron chi connectivity index (χ1n) is 5.90. The first-order valence-corrected chi connectivity index (χ1v) is 8.30. The van der Waals surface area contributed by atoms with Gasteiger partial charge in [0.2, 0.25) is 0 Å². The number of halogens is 4. The van der Waals surface area contributed by atoms with Crippen molar-refractivity contribution in [2.45, 2.75) is 0 Å². The molecule has 0 amide bonds. The zero-order valence-electron chi connectivity index (χ0n) is 10.4. The van der Waals surface area contributed by atoms with Gasteiger partial charge in [0.05, 0.1) is 36.2 Å². The molecule has 0 aliphatic rings. The summed E-state index contributed by atoms with van der Waals surface area (Å²) in [4.78, 5) is 5.43. The molecule has 2 aromatic carbocycles. The standard InChI is InChI=1S/C15H7Cl4NS/c16-10-3-1-8(5-12(10)18)14-15(21-7-20-14)9-2-4-11(17)13(19)6-9/h1-7H. The third-order valence-corrected chi connectivity index (χ3v) is 5.30. The van der Waals surface area contributed by atoms with Gasteiger partial charge in [-0.3, -0.25) is 0 Å². The zero-order valence-corrected chi connectivity index (χ0v) is 14.2. The van der Waals surface area contributed by atoms with Crippen LogP contribution in [0.4, 0.5) is 0 Å². The molecule has 0 bridgehead atoms. The van der Waals surface area contributed by atoms with Crippen LogP contribution in [0.1, 0.15) is 0 Å². The number of thiazole rings is 1. The number of rotatable bonds is 2. The largest absolute Gasteiger partial charge is 0.244 e. The number of hydrogen-bond acceptors (Lipinski definition) is 2. The van der Waals surface area contributed by atoms with E-state index in [2.05, 4.69) is 4.98 Å². The van der Waals surface area contributed by atoms with Gasteiger partial charge < -0.3 is 0 Å². The molecule has 0 aliphatic heterocycles. The minimum absolute atomic E-state index is 0.502. The third-order valence-electron chi connectivity index (χ3n) is 2.94. The minimum atomic E-state index is 0.502. The lowest BCUT2D eigenvalue weighted by Crippen LogP contribution is -1.83. The van der Waals surface area contributed by atoms with Gasteiger partial charge in [-0.05, 0) is 29.8 Å². The number of hydrogen-bond donors (Lipinski definition) is 0. The van der Waals surface area contributed by atoms with Crippen LogP contribution in [0.2, 0.25) is 20.1 Å². The van der Waals surface area contributed by atoms with Crippen LogP contribution in [0, 0.1) is 0 Å². The first-order chi connectivity index (χ1) is 10.1. The highest BCUT2D eigenvalue weighted by Crippen LogP contribution is 2.38. The molecule has 21 heavy (non-hydrogen) atoms. The Morgan fingerprint density at radius 2 is 1.29 bits per heavy atom. The lowest BCUT2D eigenvalue weighted by atomic mass is 10.1. The molecule has 0 saturated heterocycles. The SMILES string of the molecule is Clc1ccc(-c2ncsc2-c2ccc(Cl)c(Cl)c2)cc1Cl. The molecule has 0 radical (unpaired) electrons. The molecule has 106 valence electrons. The molecule has 6 heteroatoms. The maximum Gasteiger partial charge on any atom is 0.0890 e. The monoisotopic (exact) mass is 373 g/mol. The van der Waals surface area contributed by atoms with Crippen molar-refractivity contribution < 1.29 is 0 Å². The Hall–Kier alpha value is -0.770. The lowest BCUT2D eigenvalue weighted by molar-refractivity contribution is 1.41. The van der Waals surface area contributed by atoms with E-state index in [-0.39, 0.29) is 0 Å². The van der Waals surface area contributed by atoms with E-state index < -0.39 is 0 Å². The number of benzene rings is 2. The predicted molar refractivity (Wildman–Crippen MR) is 93.0 cm³/mol. The molecule has 0 saturated carbocycles. The van der Waals surface area contributed by atoms with Crippen molar-refractivity contribution in [3.05, 3.63) is 62.0 Å². The Bertz CT molecular complexity index is 747. The maximum absolute atomic E-state index is 6.09. The third kappa shape index (κ3) is 3.05. The maximum atomic E-state index is 6.09. The van der Waals surface area contributed by atoms with Crippen LogP contribution in [0.15, 0.2) is 41.9 Å². The molecular weight excluding hydrogens is 368 g/mol. The van der Waals surface area contributed by atoms with Crippen LogP contribution in [-0.4, -0.2) is 4.98 Å². The second-order valence-corrected chi connectivity index (χ2v) is 6.77. The molecule has 3 aromatic rings. The molecule has 1 nitrogen and oxygen atoms in total. The van der Waals surface area contributed by atoms with Gasteiger partial charge in [-0.1, -0.05) is 58.5 Å². The fourth-order valence-corrected chi connectivity index (χ4v) is 3.34. The fraction of sp³-hybridized carbons (Fsp3) is 0. The van der Waals surface area contributed by atoms with Gasteiger partial charge in [0.1, 0.15) is 0 Å². The van der Waals surface area contributed by atoms with Gasteiger partial charge in [-0.25, -0.2) is 4.98 Å². The molecule has 0 atom stereocenters. The molecule has 0 aliphatic carbocycles. The summed E-state index contributed by atoms with van der Waals surface area (Å²) in [6.07, 6.45) is 0. The van der Waals surface area contributed by atoms with Gasteiger partial charge >= 0.3 is 0 Å². The second kappa shape index (κ2) is 6.15. The first kappa shape index (κ1) is 15.1. The van der Waals surface area contributed by atoms with Gasteiger partial charge in [-0.15, -0.1) is 11.3 Å². The van der Waals surface area contributed by atoms with E-state index in [4.69, 9.17) is 46.4 Å². The molecule has 0 spiro atoms. The van der Waals surface area contributed by atoms with Crippen molar-refractivity contribution in [3.8, 4) is 21.7 Å². The van der Waals surface area contributed by atoms with Gasteiger partial charge in [-0.2, -0.15) is 0 Å². The molecule has 0 unspecified atom stereocenters. The van der Waals surface area contributed by atoms with Gasteiger partial charge in [0.25, 0.3) is 0 Å². The van der Waals surface area contributed by atoms with Crippen molar-refractivity contribution in [1.82, 2.24) is 4.98 Å². The van der Waals surface area contributed by atoms with Crippen molar-refractivity contribution in [2.75, 3.05) is 0 Å². The summed E-state index contributed by atoms with van der Waals surface area (Å²) in [5.41, 5.74) is 4.51. The summed E-state index contributed by atoms with van der Waals surface area (Å²) >= 11 is 25.6. The van der Waals surface area contributed by atoms with Crippen LogP contribution in [0.3, 0.4) is 0 Å². The highest BCUT2D eigenvalue weighted by molar-refractivity contribution is 7.13. The predicted octanol–water partition coefficient (Wildman–Crippen LogP) is 7.09. The Kier molecular flexibility index (Phi) is 4.43. The van der Waals surface area contributed by atoms with E-state index in [0.717, 1.165) is 21.7 Å². The average Bonchev–Trinajstić information content (AvgIpc) is 2.94. The molecule has 1 aromatic heterocycles. The Morgan fingerprint density at radius 1 is 0.714 bits per heavy atom. The minimum Gasteiger partial charge on any atom is -0.244 e. The number of aromatic nitrogens is 1. The van der Waals surface area contributed by atoms with Crippen molar-refractivity contribution in [2.24, 2.45) is 0 Å². The summed E-state index contributed by atoms with van der Waals surface area (Å²) in [6.45, 7) is 0. The average molecular weight is 375 g/mol. The van der Waals surface area contributed by atoms with Crippen LogP contribution < -0.4 is 0 Å². The Morgan fingerprint density at radius 3 is 1.90 bits per heavy atom. The smallest absolute Gasteiger partial charge is 0.0890 e. The summed E-state index contributed by atoms with van der Waals surface area (Å²) < 4.78 is 0. The molecule has 0 fully saturated rings.